The summed E-state index contributed by atoms with van der Waals surface area (Å²) < 4.78 is 1.05. The Morgan fingerprint density at radius 2 is 2.10 bits per heavy atom. The summed E-state index contributed by atoms with van der Waals surface area (Å²) in [6, 6.07) is 14.1. The topological polar surface area (TPSA) is 32.3 Å². The Morgan fingerprint density at radius 3 is 2.90 bits per heavy atom. The molecule has 3 rings (SSSR count). The molecule has 0 fully saturated rings. The van der Waals surface area contributed by atoms with E-state index in [1.165, 1.54) is 11.1 Å². The summed E-state index contributed by atoms with van der Waals surface area (Å²) in [5.74, 6) is 0.108. The van der Waals surface area contributed by atoms with Gasteiger partial charge in [0.1, 0.15) is 0 Å². The van der Waals surface area contributed by atoms with Gasteiger partial charge in [-0.05, 0) is 42.7 Å². The Labute approximate surface area is 133 Å². The Morgan fingerprint density at radius 1 is 1.29 bits per heavy atom. The first-order valence-corrected chi connectivity index (χ1v) is 7.83. The van der Waals surface area contributed by atoms with Gasteiger partial charge in [-0.15, -0.1) is 0 Å². The Hall–Kier alpha value is -1.81. The number of rotatable bonds is 3. The van der Waals surface area contributed by atoms with Crippen molar-refractivity contribution in [1.29, 1.82) is 0 Å². The highest BCUT2D eigenvalue weighted by Crippen LogP contribution is 2.27. The molecule has 1 amide bonds. The molecular weight excluding hydrogens is 328 g/mol. The minimum atomic E-state index is 0.108. The van der Waals surface area contributed by atoms with Crippen LogP contribution in [0.1, 0.15) is 11.1 Å². The molecule has 2 aromatic carbocycles. The maximum absolute atomic E-state index is 12.4. The number of hydrogen-bond donors (Lipinski definition) is 1. The minimum Gasteiger partial charge on any atom is -0.376 e. The van der Waals surface area contributed by atoms with E-state index < -0.39 is 0 Å². The Kier molecular flexibility index (Phi) is 3.97. The van der Waals surface area contributed by atoms with Gasteiger partial charge in [-0.25, -0.2) is 0 Å². The molecule has 0 aliphatic carbocycles. The van der Waals surface area contributed by atoms with E-state index in [0.29, 0.717) is 6.54 Å². The lowest BCUT2D eigenvalue weighted by molar-refractivity contribution is -0.116. The lowest BCUT2D eigenvalue weighted by Crippen LogP contribution is -2.34. The number of aryl methyl sites for hydroxylation is 1. The Bertz CT molecular complexity index is 684. The van der Waals surface area contributed by atoms with E-state index >= 15 is 0 Å². The summed E-state index contributed by atoms with van der Waals surface area (Å²) in [6.45, 7) is 3.13. The normalized spacial score (nSPS) is 13.1. The van der Waals surface area contributed by atoms with E-state index in [4.69, 9.17) is 0 Å². The van der Waals surface area contributed by atoms with Crippen LogP contribution in [0.15, 0.2) is 46.9 Å². The molecule has 0 saturated carbocycles. The molecule has 2 aromatic rings. The van der Waals surface area contributed by atoms with Gasteiger partial charge in [-0.3, -0.25) is 4.79 Å². The van der Waals surface area contributed by atoms with Crippen LogP contribution in [-0.2, 0) is 11.2 Å². The summed E-state index contributed by atoms with van der Waals surface area (Å²) in [6.07, 6.45) is 0.942. The van der Waals surface area contributed by atoms with Gasteiger partial charge in [0.05, 0.1) is 6.54 Å². The summed E-state index contributed by atoms with van der Waals surface area (Å²) in [5.41, 5.74) is 4.44. The number of benzene rings is 2. The zero-order valence-corrected chi connectivity index (χ0v) is 13.5. The van der Waals surface area contributed by atoms with Crippen LogP contribution in [0.3, 0.4) is 0 Å². The number of anilines is 2. The van der Waals surface area contributed by atoms with Gasteiger partial charge in [0.25, 0.3) is 0 Å². The lowest BCUT2D eigenvalue weighted by atomic mass is 10.2. The average Bonchev–Trinajstić information content (AvgIpc) is 2.92. The molecule has 3 nitrogen and oxygen atoms in total. The molecule has 1 heterocycles. The van der Waals surface area contributed by atoms with Gasteiger partial charge < -0.3 is 10.2 Å². The van der Waals surface area contributed by atoms with Crippen LogP contribution in [0.2, 0.25) is 0 Å². The highest BCUT2D eigenvalue weighted by molar-refractivity contribution is 9.10. The van der Waals surface area contributed by atoms with Crippen molar-refractivity contribution in [2.24, 2.45) is 0 Å². The standard InChI is InChI=1S/C17H17BrN2O/c1-12-6-7-14(10-15(12)18)19-11-17(21)20-9-8-13-4-2-3-5-16(13)20/h2-7,10,19H,8-9,11H2,1H3. The largest absolute Gasteiger partial charge is 0.376 e. The summed E-state index contributed by atoms with van der Waals surface area (Å²) >= 11 is 3.51. The van der Waals surface area contributed by atoms with Crippen LogP contribution >= 0.6 is 15.9 Å². The summed E-state index contributed by atoms with van der Waals surface area (Å²) in [5, 5.41) is 3.20. The molecule has 0 unspecified atom stereocenters. The second kappa shape index (κ2) is 5.90. The first kappa shape index (κ1) is 14.1. The fourth-order valence-corrected chi connectivity index (χ4v) is 2.95. The molecular formula is C17H17BrN2O. The monoisotopic (exact) mass is 344 g/mol. The third-order valence-corrected chi connectivity index (χ3v) is 4.66. The lowest BCUT2D eigenvalue weighted by Gasteiger charge is -2.18. The number of nitrogens with zero attached hydrogens (tertiary/aromatic N) is 1. The van der Waals surface area contributed by atoms with Crippen molar-refractivity contribution in [3.8, 4) is 0 Å². The number of carbonyl (C=O) groups excluding carboxylic acids is 1. The minimum absolute atomic E-state index is 0.108. The van der Waals surface area contributed by atoms with Crippen molar-refractivity contribution in [3.63, 3.8) is 0 Å². The maximum atomic E-state index is 12.4. The molecule has 0 radical (unpaired) electrons. The molecule has 21 heavy (non-hydrogen) atoms. The molecule has 108 valence electrons. The van der Waals surface area contributed by atoms with Crippen LogP contribution in [-0.4, -0.2) is 19.0 Å². The van der Waals surface area contributed by atoms with E-state index in [1.807, 2.05) is 48.2 Å². The summed E-state index contributed by atoms with van der Waals surface area (Å²) in [7, 11) is 0. The van der Waals surface area contributed by atoms with E-state index in [-0.39, 0.29) is 5.91 Å². The smallest absolute Gasteiger partial charge is 0.246 e. The van der Waals surface area contributed by atoms with E-state index in [9.17, 15) is 4.79 Å². The molecule has 0 atom stereocenters. The number of fused-ring (bicyclic) bond motifs is 1. The number of amides is 1. The molecule has 1 aliphatic rings. The molecule has 0 spiro atoms. The third kappa shape index (κ3) is 2.95. The number of nitrogens with one attached hydrogen (secondary N) is 1. The molecule has 0 bridgehead atoms. The van der Waals surface area contributed by atoms with Crippen molar-refractivity contribution in [1.82, 2.24) is 0 Å². The zero-order valence-electron chi connectivity index (χ0n) is 11.9. The highest BCUT2D eigenvalue weighted by atomic mass is 79.9. The number of carbonyl (C=O) groups is 1. The van der Waals surface area contributed by atoms with E-state index in [0.717, 1.165) is 28.8 Å². The number of halogens is 1. The van der Waals surface area contributed by atoms with Gasteiger partial charge in [0.2, 0.25) is 5.91 Å². The molecule has 1 aliphatic heterocycles. The highest BCUT2D eigenvalue weighted by Gasteiger charge is 2.23. The van der Waals surface area contributed by atoms with Crippen molar-refractivity contribution in [3.05, 3.63) is 58.1 Å². The Balaban J connectivity index is 1.66. The van der Waals surface area contributed by atoms with Crippen molar-refractivity contribution >= 4 is 33.2 Å². The SMILES string of the molecule is Cc1ccc(NCC(=O)N2CCc3ccccc32)cc1Br. The van der Waals surface area contributed by atoms with Gasteiger partial charge >= 0.3 is 0 Å². The van der Waals surface area contributed by atoms with Gasteiger partial charge in [0, 0.05) is 22.4 Å². The quantitative estimate of drug-likeness (QED) is 0.919. The van der Waals surface area contributed by atoms with Gasteiger partial charge in [-0.1, -0.05) is 40.2 Å². The van der Waals surface area contributed by atoms with E-state index in [1.54, 1.807) is 0 Å². The van der Waals surface area contributed by atoms with Gasteiger partial charge in [-0.2, -0.15) is 0 Å². The van der Waals surface area contributed by atoms with Crippen molar-refractivity contribution in [2.45, 2.75) is 13.3 Å². The maximum Gasteiger partial charge on any atom is 0.246 e. The summed E-state index contributed by atoms with van der Waals surface area (Å²) in [4.78, 5) is 14.3. The number of para-hydroxylation sites is 1. The van der Waals surface area contributed by atoms with Crippen LogP contribution < -0.4 is 10.2 Å². The van der Waals surface area contributed by atoms with Gasteiger partial charge in [0.15, 0.2) is 0 Å². The molecule has 4 heteroatoms. The van der Waals surface area contributed by atoms with Crippen molar-refractivity contribution < 1.29 is 4.79 Å². The second-order valence-corrected chi connectivity index (χ2v) is 6.10. The number of hydrogen-bond acceptors (Lipinski definition) is 2. The predicted octanol–water partition coefficient (Wildman–Crippen LogP) is 3.76. The first-order valence-electron chi connectivity index (χ1n) is 7.03. The third-order valence-electron chi connectivity index (χ3n) is 3.80. The average molecular weight is 345 g/mol. The fourth-order valence-electron chi connectivity index (χ4n) is 2.57. The fraction of sp³-hybridized carbons (Fsp3) is 0.235. The van der Waals surface area contributed by atoms with Crippen LogP contribution in [0.4, 0.5) is 11.4 Å². The van der Waals surface area contributed by atoms with Crippen LogP contribution in [0.5, 0.6) is 0 Å². The van der Waals surface area contributed by atoms with Crippen molar-refractivity contribution in [2.75, 3.05) is 23.3 Å². The molecule has 0 aromatic heterocycles. The second-order valence-electron chi connectivity index (χ2n) is 5.24. The van der Waals surface area contributed by atoms with Crippen LogP contribution in [0, 0.1) is 6.92 Å². The van der Waals surface area contributed by atoms with Crippen LogP contribution in [0.25, 0.3) is 0 Å². The zero-order chi connectivity index (χ0) is 14.8. The molecule has 1 N–H and O–H groups in total. The first-order chi connectivity index (χ1) is 10.1. The predicted molar refractivity (Wildman–Crippen MR) is 89.9 cm³/mol. The molecule has 0 saturated heterocycles. The van der Waals surface area contributed by atoms with E-state index in [2.05, 4.69) is 27.3 Å².